The van der Waals surface area contributed by atoms with E-state index in [4.69, 9.17) is 0 Å². The third kappa shape index (κ3) is 3.60. The van der Waals surface area contributed by atoms with Crippen molar-refractivity contribution in [3.8, 4) is 0 Å². The predicted molar refractivity (Wildman–Crippen MR) is 57.0 cm³/mol. The molecule has 0 amide bonds. The van der Waals surface area contributed by atoms with Crippen LogP contribution in [0.25, 0.3) is 0 Å². The van der Waals surface area contributed by atoms with Crippen molar-refractivity contribution in [3.63, 3.8) is 0 Å². The van der Waals surface area contributed by atoms with Crippen LogP contribution < -0.4 is 0 Å². The molecule has 1 aromatic carbocycles. The summed E-state index contributed by atoms with van der Waals surface area (Å²) in [5.41, 5.74) is 0. The Hall–Kier alpha value is -0.940. The Morgan fingerprint density at radius 1 is 1.20 bits per heavy atom. The number of halogens is 1. The van der Waals surface area contributed by atoms with Crippen LogP contribution in [0.3, 0.4) is 0 Å². The van der Waals surface area contributed by atoms with Crippen LogP contribution in [0.5, 0.6) is 0 Å². The molecule has 0 fully saturated rings. The largest absolute Gasteiger partial charge is 0.308 e. The van der Waals surface area contributed by atoms with E-state index in [1.807, 2.05) is 0 Å². The van der Waals surface area contributed by atoms with E-state index >= 15 is 0 Å². The number of hydrogen-bond donors (Lipinski definition) is 0. The maximum atomic E-state index is 12.6. The first-order valence-corrected chi connectivity index (χ1v) is 6.20. The molecule has 0 unspecified atom stereocenters. The lowest BCUT2D eigenvalue weighted by Gasteiger charge is -2.09. The summed E-state index contributed by atoms with van der Waals surface area (Å²) in [7, 11) is 0.331. The van der Waals surface area contributed by atoms with Crippen molar-refractivity contribution in [1.82, 2.24) is 4.90 Å². The van der Waals surface area contributed by atoms with Gasteiger partial charge in [-0.25, -0.2) is 12.8 Å². The highest BCUT2D eigenvalue weighted by atomic mass is 32.2. The fraction of sp³-hybridized carbons (Fsp3) is 0.400. The number of sulfone groups is 1. The van der Waals surface area contributed by atoms with Crippen LogP contribution in [-0.2, 0) is 9.84 Å². The van der Waals surface area contributed by atoms with Crippen molar-refractivity contribution in [3.05, 3.63) is 30.1 Å². The minimum absolute atomic E-state index is 0.0473. The highest BCUT2D eigenvalue weighted by Gasteiger charge is 2.14. The number of benzene rings is 1. The maximum Gasteiger partial charge on any atom is 0.179 e. The molecule has 0 N–H and O–H groups in total. The van der Waals surface area contributed by atoms with Crippen molar-refractivity contribution >= 4 is 9.84 Å². The van der Waals surface area contributed by atoms with Gasteiger partial charge in [0.15, 0.2) is 9.84 Å². The second kappa shape index (κ2) is 4.72. The fourth-order valence-corrected chi connectivity index (χ4v) is 2.45. The first-order chi connectivity index (χ1) is 6.92. The lowest BCUT2D eigenvalue weighted by Crippen LogP contribution is -2.21. The summed E-state index contributed by atoms with van der Waals surface area (Å²) in [4.78, 5) is 1.96. The fourth-order valence-electron chi connectivity index (χ4n) is 1.06. The molecule has 0 saturated heterocycles. The molecule has 0 aliphatic heterocycles. The predicted octanol–water partition coefficient (Wildman–Crippen LogP) is 1.16. The van der Waals surface area contributed by atoms with Gasteiger partial charge in [-0.05, 0) is 38.4 Å². The molecule has 0 aliphatic carbocycles. The lowest BCUT2D eigenvalue weighted by atomic mass is 10.4. The van der Waals surface area contributed by atoms with Crippen molar-refractivity contribution in [2.75, 3.05) is 26.4 Å². The second-order valence-corrected chi connectivity index (χ2v) is 5.69. The third-order valence-electron chi connectivity index (χ3n) is 1.98. The smallest absolute Gasteiger partial charge is 0.179 e. The molecule has 0 saturated carbocycles. The molecule has 3 nitrogen and oxygen atoms in total. The second-order valence-electron chi connectivity index (χ2n) is 3.58. The highest BCUT2D eigenvalue weighted by molar-refractivity contribution is 7.91. The molecular formula is C10H14FNO2S. The zero-order chi connectivity index (χ0) is 11.5. The molecule has 84 valence electrons. The molecule has 0 spiro atoms. The Labute approximate surface area is 89.4 Å². The number of rotatable bonds is 4. The minimum Gasteiger partial charge on any atom is -0.308 e. The minimum atomic E-state index is -3.28. The van der Waals surface area contributed by atoms with Gasteiger partial charge in [-0.1, -0.05) is 0 Å². The van der Waals surface area contributed by atoms with Gasteiger partial charge in [0.1, 0.15) is 5.82 Å². The SMILES string of the molecule is CN(C)CCS(=O)(=O)c1ccc(F)cc1. The van der Waals surface area contributed by atoms with Crippen molar-refractivity contribution in [2.24, 2.45) is 0 Å². The normalized spacial score (nSPS) is 12.0. The summed E-state index contributed by atoms with van der Waals surface area (Å²) < 4.78 is 36.0. The van der Waals surface area contributed by atoms with E-state index in [0.717, 1.165) is 12.1 Å². The lowest BCUT2D eigenvalue weighted by molar-refractivity contribution is 0.432. The molecule has 5 heteroatoms. The Bertz CT molecular complexity index is 412. The van der Waals surface area contributed by atoms with Crippen molar-refractivity contribution in [1.29, 1.82) is 0 Å². The van der Waals surface area contributed by atoms with Crippen LogP contribution in [0.1, 0.15) is 0 Å². The first kappa shape index (κ1) is 12.1. The zero-order valence-electron chi connectivity index (χ0n) is 8.77. The standard InChI is InChI=1S/C10H14FNO2S/c1-12(2)7-8-15(13,14)10-5-3-9(11)4-6-10/h3-6H,7-8H2,1-2H3. The quantitative estimate of drug-likeness (QED) is 0.730. The summed E-state index contributed by atoms with van der Waals surface area (Å²) in [6.45, 7) is 0.458. The molecule has 0 atom stereocenters. The molecule has 0 bridgehead atoms. The summed E-state index contributed by atoms with van der Waals surface area (Å²) in [5.74, 6) is -0.382. The van der Waals surface area contributed by atoms with Crippen LogP contribution in [0.15, 0.2) is 29.2 Å². The van der Waals surface area contributed by atoms with Gasteiger partial charge >= 0.3 is 0 Å². The van der Waals surface area contributed by atoms with Crippen LogP contribution in [0.2, 0.25) is 0 Å². The van der Waals surface area contributed by atoms with Gasteiger partial charge in [0.2, 0.25) is 0 Å². The molecule has 1 rings (SSSR count). The van der Waals surface area contributed by atoms with E-state index in [2.05, 4.69) is 0 Å². The third-order valence-corrected chi connectivity index (χ3v) is 3.69. The Balaban J connectivity index is 2.82. The summed E-state index contributed by atoms with van der Waals surface area (Å²) in [6, 6.07) is 4.89. The molecule has 1 aromatic rings. The van der Waals surface area contributed by atoms with Crippen molar-refractivity contribution < 1.29 is 12.8 Å². The highest BCUT2D eigenvalue weighted by Crippen LogP contribution is 2.11. The van der Waals surface area contributed by atoms with Gasteiger partial charge in [-0.15, -0.1) is 0 Å². The molecule has 0 radical (unpaired) electrons. The number of nitrogens with zero attached hydrogens (tertiary/aromatic N) is 1. The van der Waals surface area contributed by atoms with Gasteiger partial charge in [-0.2, -0.15) is 0 Å². The van der Waals surface area contributed by atoms with E-state index in [-0.39, 0.29) is 10.6 Å². The molecular weight excluding hydrogens is 217 g/mol. The van der Waals surface area contributed by atoms with Gasteiger partial charge in [0.05, 0.1) is 10.6 Å². The molecule has 0 heterocycles. The molecule has 0 aromatic heterocycles. The first-order valence-electron chi connectivity index (χ1n) is 4.55. The average molecular weight is 231 g/mol. The topological polar surface area (TPSA) is 37.4 Å². The Kier molecular flexibility index (Phi) is 3.82. The number of hydrogen-bond acceptors (Lipinski definition) is 3. The summed E-state index contributed by atoms with van der Waals surface area (Å²) in [5, 5.41) is 0. The maximum absolute atomic E-state index is 12.6. The van der Waals surface area contributed by atoms with Crippen LogP contribution >= 0.6 is 0 Å². The van der Waals surface area contributed by atoms with Gasteiger partial charge < -0.3 is 4.90 Å². The van der Waals surface area contributed by atoms with Gasteiger partial charge in [-0.3, -0.25) is 0 Å². The average Bonchev–Trinajstić information content (AvgIpc) is 2.16. The Morgan fingerprint density at radius 2 is 1.73 bits per heavy atom. The van der Waals surface area contributed by atoms with E-state index in [0.29, 0.717) is 6.54 Å². The van der Waals surface area contributed by atoms with Crippen LogP contribution in [0, 0.1) is 5.82 Å². The zero-order valence-corrected chi connectivity index (χ0v) is 9.59. The van der Waals surface area contributed by atoms with E-state index in [9.17, 15) is 12.8 Å². The van der Waals surface area contributed by atoms with Crippen LogP contribution in [0.4, 0.5) is 4.39 Å². The Morgan fingerprint density at radius 3 is 2.20 bits per heavy atom. The van der Waals surface area contributed by atoms with Gasteiger partial charge in [0.25, 0.3) is 0 Å². The summed E-state index contributed by atoms with van der Waals surface area (Å²) >= 11 is 0. The monoisotopic (exact) mass is 231 g/mol. The van der Waals surface area contributed by atoms with Gasteiger partial charge in [0, 0.05) is 6.54 Å². The van der Waals surface area contributed by atoms with Crippen LogP contribution in [-0.4, -0.2) is 39.7 Å². The molecule has 0 aliphatic rings. The van der Waals surface area contributed by atoms with E-state index in [1.54, 1.807) is 19.0 Å². The van der Waals surface area contributed by atoms with Crippen molar-refractivity contribution in [2.45, 2.75) is 4.90 Å². The molecule has 15 heavy (non-hydrogen) atoms. The summed E-state index contributed by atoms with van der Waals surface area (Å²) in [6.07, 6.45) is 0. The van der Waals surface area contributed by atoms with E-state index < -0.39 is 15.7 Å². The van der Waals surface area contributed by atoms with E-state index in [1.165, 1.54) is 12.1 Å².